The van der Waals surface area contributed by atoms with Crippen molar-refractivity contribution in [3.05, 3.63) is 34.2 Å². The number of nitrogens with zero attached hydrogens (tertiary/aromatic N) is 3. The van der Waals surface area contributed by atoms with Gasteiger partial charge in [-0.05, 0) is 33.8 Å². The highest BCUT2D eigenvalue weighted by atomic mass is 16.6. The van der Waals surface area contributed by atoms with Crippen LogP contribution in [-0.4, -0.2) is 58.1 Å². The van der Waals surface area contributed by atoms with Crippen molar-refractivity contribution in [1.29, 1.82) is 0 Å². The van der Waals surface area contributed by atoms with Crippen LogP contribution in [0, 0.1) is 6.92 Å². The lowest BCUT2D eigenvalue weighted by Crippen LogP contribution is -2.52. The summed E-state index contributed by atoms with van der Waals surface area (Å²) >= 11 is 0. The second kappa shape index (κ2) is 7.07. The van der Waals surface area contributed by atoms with Gasteiger partial charge in [0.25, 0.3) is 5.56 Å². The molecule has 24 heavy (non-hydrogen) atoms. The first-order valence-electron chi connectivity index (χ1n) is 8.09. The molecular formula is C17H25N3O4. The smallest absolute Gasteiger partial charge is 0.410 e. The lowest BCUT2D eigenvalue weighted by Gasteiger charge is -2.35. The zero-order valence-electron chi connectivity index (χ0n) is 14.7. The molecule has 7 nitrogen and oxygen atoms in total. The molecule has 1 saturated heterocycles. The highest BCUT2D eigenvalue weighted by Gasteiger charge is 2.27. The van der Waals surface area contributed by atoms with Crippen LogP contribution in [-0.2, 0) is 16.1 Å². The first-order valence-corrected chi connectivity index (χ1v) is 8.09. The Balaban J connectivity index is 1.90. The van der Waals surface area contributed by atoms with E-state index < -0.39 is 5.60 Å². The van der Waals surface area contributed by atoms with E-state index in [4.69, 9.17) is 4.74 Å². The predicted octanol–water partition coefficient (Wildman–Crippen LogP) is 1.24. The number of pyridine rings is 1. The number of rotatable bonds is 2. The minimum absolute atomic E-state index is 0.0208. The van der Waals surface area contributed by atoms with Crippen molar-refractivity contribution in [2.24, 2.45) is 0 Å². The van der Waals surface area contributed by atoms with Gasteiger partial charge in [0.05, 0.1) is 0 Å². The number of carbonyl (C=O) groups is 2. The third-order valence-electron chi connectivity index (χ3n) is 3.80. The maximum absolute atomic E-state index is 12.4. The van der Waals surface area contributed by atoms with Crippen molar-refractivity contribution in [3.63, 3.8) is 0 Å². The fourth-order valence-electron chi connectivity index (χ4n) is 2.49. The lowest BCUT2D eigenvalue weighted by molar-refractivity contribution is -0.133. The largest absolute Gasteiger partial charge is 0.444 e. The molecule has 0 spiro atoms. The number of carbonyl (C=O) groups excluding carboxylic acids is 2. The minimum Gasteiger partial charge on any atom is -0.444 e. The summed E-state index contributed by atoms with van der Waals surface area (Å²) in [6.07, 6.45) is 1.26. The van der Waals surface area contributed by atoms with Gasteiger partial charge >= 0.3 is 6.09 Å². The maximum atomic E-state index is 12.4. The Kier molecular flexibility index (Phi) is 5.31. The number of aromatic nitrogens is 1. The summed E-state index contributed by atoms with van der Waals surface area (Å²) < 4.78 is 6.75. The lowest BCUT2D eigenvalue weighted by atomic mass is 10.2. The van der Waals surface area contributed by atoms with E-state index >= 15 is 0 Å². The van der Waals surface area contributed by atoms with Gasteiger partial charge in [0.15, 0.2) is 0 Å². The fourth-order valence-corrected chi connectivity index (χ4v) is 2.49. The molecule has 1 aromatic heterocycles. The summed E-state index contributed by atoms with van der Waals surface area (Å²) in [7, 11) is 0. The highest BCUT2D eigenvalue weighted by molar-refractivity contribution is 5.76. The van der Waals surface area contributed by atoms with Gasteiger partial charge in [-0.25, -0.2) is 4.79 Å². The Bertz CT molecular complexity index is 667. The summed E-state index contributed by atoms with van der Waals surface area (Å²) in [5.41, 5.74) is -0.0746. The van der Waals surface area contributed by atoms with E-state index in [0.717, 1.165) is 0 Å². The van der Waals surface area contributed by atoms with Gasteiger partial charge in [-0.1, -0.05) is 6.07 Å². The van der Waals surface area contributed by atoms with Crippen LogP contribution in [0.2, 0.25) is 0 Å². The van der Waals surface area contributed by atoms with Crippen molar-refractivity contribution in [3.8, 4) is 0 Å². The van der Waals surface area contributed by atoms with Crippen LogP contribution in [0.5, 0.6) is 0 Å². The van der Waals surface area contributed by atoms with Crippen molar-refractivity contribution in [2.45, 2.75) is 39.8 Å². The van der Waals surface area contributed by atoms with E-state index in [1.807, 2.05) is 20.8 Å². The molecule has 0 unspecified atom stereocenters. The molecule has 2 amide bonds. The Labute approximate surface area is 141 Å². The molecule has 0 aliphatic carbocycles. The molecule has 2 heterocycles. The highest BCUT2D eigenvalue weighted by Crippen LogP contribution is 2.12. The van der Waals surface area contributed by atoms with E-state index in [1.54, 1.807) is 35.1 Å². The van der Waals surface area contributed by atoms with Crippen LogP contribution < -0.4 is 5.56 Å². The number of amides is 2. The third-order valence-corrected chi connectivity index (χ3v) is 3.80. The van der Waals surface area contributed by atoms with Crippen molar-refractivity contribution >= 4 is 12.0 Å². The Morgan fingerprint density at radius 2 is 1.71 bits per heavy atom. The molecule has 0 bridgehead atoms. The summed E-state index contributed by atoms with van der Waals surface area (Å²) in [5, 5.41) is 0. The topological polar surface area (TPSA) is 71.8 Å². The van der Waals surface area contributed by atoms with E-state index in [9.17, 15) is 14.4 Å². The van der Waals surface area contributed by atoms with Gasteiger partial charge in [0.2, 0.25) is 5.91 Å². The van der Waals surface area contributed by atoms with E-state index in [2.05, 4.69) is 0 Å². The number of piperazine rings is 1. The third kappa shape index (κ3) is 4.59. The summed E-state index contributed by atoms with van der Waals surface area (Å²) in [6, 6.07) is 3.48. The van der Waals surface area contributed by atoms with Crippen molar-refractivity contribution in [2.75, 3.05) is 26.2 Å². The number of ether oxygens (including phenoxy) is 1. The van der Waals surface area contributed by atoms with Crippen LogP contribution in [0.4, 0.5) is 4.79 Å². The molecule has 0 N–H and O–H groups in total. The zero-order chi connectivity index (χ0) is 17.9. The van der Waals surface area contributed by atoms with Crippen LogP contribution >= 0.6 is 0 Å². The van der Waals surface area contributed by atoms with Crippen molar-refractivity contribution < 1.29 is 14.3 Å². The van der Waals surface area contributed by atoms with E-state index in [1.165, 1.54) is 4.57 Å². The Morgan fingerprint density at radius 1 is 1.12 bits per heavy atom. The molecule has 2 rings (SSSR count). The molecule has 1 aliphatic rings. The Morgan fingerprint density at radius 3 is 2.29 bits per heavy atom. The summed E-state index contributed by atoms with van der Waals surface area (Å²) in [5.74, 6) is -0.119. The van der Waals surface area contributed by atoms with Crippen LogP contribution in [0.1, 0.15) is 26.3 Å². The number of aryl methyl sites for hydroxylation is 1. The molecule has 1 fully saturated rings. The average Bonchev–Trinajstić information content (AvgIpc) is 2.50. The van der Waals surface area contributed by atoms with Gasteiger partial charge in [-0.15, -0.1) is 0 Å². The second-order valence-corrected chi connectivity index (χ2v) is 6.97. The zero-order valence-corrected chi connectivity index (χ0v) is 14.7. The summed E-state index contributed by atoms with van der Waals surface area (Å²) in [4.78, 5) is 39.7. The molecule has 132 valence electrons. The molecule has 0 atom stereocenters. The van der Waals surface area contributed by atoms with Gasteiger partial charge in [0.1, 0.15) is 12.1 Å². The molecule has 0 radical (unpaired) electrons. The van der Waals surface area contributed by atoms with Crippen LogP contribution in [0.25, 0.3) is 0 Å². The fraction of sp³-hybridized carbons (Fsp3) is 0.588. The van der Waals surface area contributed by atoms with Gasteiger partial charge in [-0.3, -0.25) is 9.59 Å². The number of hydrogen-bond donors (Lipinski definition) is 0. The first-order chi connectivity index (χ1) is 11.2. The molecular weight excluding hydrogens is 310 g/mol. The van der Waals surface area contributed by atoms with E-state index in [0.29, 0.717) is 31.7 Å². The predicted molar refractivity (Wildman–Crippen MR) is 89.8 cm³/mol. The molecule has 7 heteroatoms. The second-order valence-electron chi connectivity index (χ2n) is 6.97. The molecule has 0 saturated carbocycles. The van der Waals surface area contributed by atoms with Crippen LogP contribution in [0.15, 0.2) is 23.1 Å². The van der Waals surface area contributed by atoms with Gasteiger partial charge in [0, 0.05) is 37.9 Å². The monoisotopic (exact) mass is 335 g/mol. The van der Waals surface area contributed by atoms with Gasteiger partial charge < -0.3 is 19.1 Å². The SMILES string of the molecule is Cc1cccn(CC(=O)N2CCN(C(=O)OC(C)(C)C)CC2)c1=O. The standard InChI is InChI=1S/C17H25N3O4/c1-13-6-5-7-20(15(13)22)12-14(21)18-8-10-19(11-9-18)16(23)24-17(2,3)4/h5-7H,8-12H2,1-4H3. The quantitative estimate of drug-likeness (QED) is 0.815. The normalized spacial score (nSPS) is 15.3. The Hall–Kier alpha value is -2.31. The van der Waals surface area contributed by atoms with Crippen molar-refractivity contribution in [1.82, 2.24) is 14.4 Å². The van der Waals surface area contributed by atoms with E-state index in [-0.39, 0.29) is 24.1 Å². The molecule has 0 aromatic carbocycles. The molecule has 1 aliphatic heterocycles. The summed E-state index contributed by atoms with van der Waals surface area (Å²) in [6.45, 7) is 8.97. The molecule has 1 aromatic rings. The van der Waals surface area contributed by atoms with Gasteiger partial charge in [-0.2, -0.15) is 0 Å². The maximum Gasteiger partial charge on any atom is 0.410 e. The first kappa shape index (κ1) is 18.0. The van der Waals surface area contributed by atoms with Crippen LogP contribution in [0.3, 0.4) is 0 Å². The minimum atomic E-state index is -0.531. The average molecular weight is 335 g/mol. The number of hydrogen-bond acceptors (Lipinski definition) is 4.